The Morgan fingerprint density at radius 1 is 1.56 bits per heavy atom. The van der Waals surface area contributed by atoms with Crippen LogP contribution in [0, 0.1) is 11.3 Å². The van der Waals surface area contributed by atoms with E-state index in [0.717, 1.165) is 25.1 Å². The summed E-state index contributed by atoms with van der Waals surface area (Å²) in [5.74, 6) is 0. The molecule has 0 heterocycles. The number of rotatable bonds is 5. The molecule has 1 aromatic carbocycles. The maximum Gasteiger partial charge on any atom is 0.101 e. The van der Waals surface area contributed by atoms with E-state index in [1.54, 1.807) is 25.1 Å². The molecule has 0 aliphatic carbocycles. The molecular formula is C12H17N3O. The molecule has 0 fully saturated rings. The highest BCUT2D eigenvalue weighted by Crippen LogP contribution is 2.17. The molecule has 4 heteroatoms. The van der Waals surface area contributed by atoms with Crippen LogP contribution in [0.2, 0.25) is 0 Å². The Morgan fingerprint density at radius 2 is 2.31 bits per heavy atom. The Kier molecular flexibility index (Phi) is 4.62. The van der Waals surface area contributed by atoms with Crippen molar-refractivity contribution in [3.63, 3.8) is 0 Å². The zero-order valence-corrected chi connectivity index (χ0v) is 9.40. The molecule has 86 valence electrons. The quantitative estimate of drug-likeness (QED) is 0.520. The van der Waals surface area contributed by atoms with Crippen LogP contribution in [0.5, 0.6) is 0 Å². The first kappa shape index (κ1) is 12.3. The maximum atomic E-state index is 9.09. The van der Waals surface area contributed by atoms with Crippen molar-refractivity contribution in [3.8, 4) is 6.07 Å². The first-order valence-corrected chi connectivity index (χ1v) is 5.35. The molecule has 0 aliphatic rings. The number of nitrogen functional groups attached to an aromatic ring is 1. The topological polar surface area (TPSA) is 82.1 Å². The van der Waals surface area contributed by atoms with Gasteiger partial charge in [0.25, 0.3) is 0 Å². The predicted molar refractivity (Wildman–Crippen MR) is 65.0 cm³/mol. The smallest absolute Gasteiger partial charge is 0.101 e. The average molecular weight is 219 g/mol. The number of anilines is 2. The second kappa shape index (κ2) is 5.99. The van der Waals surface area contributed by atoms with E-state index in [0.29, 0.717) is 11.3 Å². The minimum atomic E-state index is -0.274. The Hall–Kier alpha value is -1.73. The van der Waals surface area contributed by atoms with Crippen molar-refractivity contribution in [1.82, 2.24) is 0 Å². The summed E-state index contributed by atoms with van der Waals surface area (Å²) < 4.78 is 0. The lowest BCUT2D eigenvalue weighted by Crippen LogP contribution is -2.07. The van der Waals surface area contributed by atoms with Gasteiger partial charge in [0.2, 0.25) is 0 Å². The normalized spacial score (nSPS) is 11.8. The molecule has 0 aliphatic heterocycles. The summed E-state index contributed by atoms with van der Waals surface area (Å²) in [5, 5.41) is 21.1. The van der Waals surface area contributed by atoms with E-state index in [-0.39, 0.29) is 6.10 Å². The fourth-order valence-electron chi connectivity index (χ4n) is 1.43. The molecule has 1 atom stereocenters. The lowest BCUT2D eigenvalue weighted by Gasteiger charge is -2.09. The van der Waals surface area contributed by atoms with Crippen LogP contribution in [0.25, 0.3) is 0 Å². The molecule has 0 bridgehead atoms. The lowest BCUT2D eigenvalue weighted by atomic mass is 10.1. The van der Waals surface area contributed by atoms with Gasteiger partial charge in [0.05, 0.1) is 17.4 Å². The van der Waals surface area contributed by atoms with Gasteiger partial charge in [-0.15, -0.1) is 0 Å². The Bertz CT molecular complexity index is 382. The molecule has 1 aromatic rings. The molecule has 0 aromatic heterocycles. The molecule has 0 saturated heterocycles. The highest BCUT2D eigenvalue weighted by Gasteiger charge is 2.02. The van der Waals surface area contributed by atoms with E-state index in [1.165, 1.54) is 0 Å². The van der Waals surface area contributed by atoms with Gasteiger partial charge in [0.1, 0.15) is 6.07 Å². The first-order valence-electron chi connectivity index (χ1n) is 5.35. The number of hydrogen-bond acceptors (Lipinski definition) is 4. The number of nitriles is 1. The summed E-state index contributed by atoms with van der Waals surface area (Å²) in [6, 6.07) is 7.31. The van der Waals surface area contributed by atoms with Gasteiger partial charge in [0, 0.05) is 12.2 Å². The standard InChI is InChI=1S/C12H17N3O/c1-9(16)3-2-6-15-12-5-4-11(14)7-10(12)8-13/h4-5,7,9,15-16H,2-3,6,14H2,1H3. The van der Waals surface area contributed by atoms with E-state index in [9.17, 15) is 0 Å². The third-order valence-electron chi connectivity index (χ3n) is 2.28. The molecule has 0 radical (unpaired) electrons. The van der Waals surface area contributed by atoms with E-state index < -0.39 is 0 Å². The van der Waals surface area contributed by atoms with Gasteiger partial charge >= 0.3 is 0 Å². The predicted octanol–water partition coefficient (Wildman–Crippen LogP) is 1.71. The summed E-state index contributed by atoms with van der Waals surface area (Å²) in [4.78, 5) is 0. The minimum absolute atomic E-state index is 0.274. The molecule has 0 saturated carbocycles. The van der Waals surface area contributed by atoms with Crippen LogP contribution in [0.15, 0.2) is 18.2 Å². The van der Waals surface area contributed by atoms with Gasteiger partial charge < -0.3 is 16.2 Å². The fraction of sp³-hybridized carbons (Fsp3) is 0.417. The van der Waals surface area contributed by atoms with Crippen LogP contribution >= 0.6 is 0 Å². The zero-order chi connectivity index (χ0) is 12.0. The number of nitrogens with one attached hydrogen (secondary N) is 1. The molecule has 16 heavy (non-hydrogen) atoms. The SMILES string of the molecule is CC(O)CCCNc1ccc(N)cc1C#N. The van der Waals surface area contributed by atoms with Gasteiger partial charge in [-0.05, 0) is 38.0 Å². The van der Waals surface area contributed by atoms with Crippen LogP contribution < -0.4 is 11.1 Å². The highest BCUT2D eigenvalue weighted by molar-refractivity contribution is 5.62. The van der Waals surface area contributed by atoms with Crippen molar-refractivity contribution in [2.75, 3.05) is 17.6 Å². The number of aliphatic hydroxyl groups excluding tert-OH is 1. The third kappa shape index (κ3) is 3.79. The van der Waals surface area contributed by atoms with Crippen molar-refractivity contribution in [3.05, 3.63) is 23.8 Å². The number of nitrogens with zero attached hydrogens (tertiary/aromatic N) is 1. The number of aliphatic hydroxyl groups is 1. The van der Waals surface area contributed by atoms with Crippen molar-refractivity contribution < 1.29 is 5.11 Å². The van der Waals surface area contributed by atoms with Crippen LogP contribution in [-0.4, -0.2) is 17.8 Å². The maximum absolute atomic E-state index is 9.09. The van der Waals surface area contributed by atoms with Crippen molar-refractivity contribution in [2.24, 2.45) is 0 Å². The second-order valence-electron chi connectivity index (χ2n) is 3.83. The van der Waals surface area contributed by atoms with Crippen molar-refractivity contribution in [1.29, 1.82) is 5.26 Å². The highest BCUT2D eigenvalue weighted by atomic mass is 16.3. The minimum Gasteiger partial charge on any atom is -0.399 e. The monoisotopic (exact) mass is 219 g/mol. The Morgan fingerprint density at radius 3 is 2.94 bits per heavy atom. The van der Waals surface area contributed by atoms with E-state index in [2.05, 4.69) is 11.4 Å². The molecular weight excluding hydrogens is 202 g/mol. The number of nitrogens with two attached hydrogens (primary N) is 1. The van der Waals surface area contributed by atoms with E-state index in [1.807, 2.05) is 0 Å². The van der Waals surface area contributed by atoms with Crippen LogP contribution in [0.1, 0.15) is 25.3 Å². The average Bonchev–Trinajstić information content (AvgIpc) is 2.25. The summed E-state index contributed by atoms with van der Waals surface area (Å²) in [7, 11) is 0. The molecule has 0 spiro atoms. The molecule has 1 unspecified atom stereocenters. The first-order chi connectivity index (χ1) is 7.63. The van der Waals surface area contributed by atoms with Gasteiger partial charge in [-0.3, -0.25) is 0 Å². The van der Waals surface area contributed by atoms with Crippen LogP contribution in [-0.2, 0) is 0 Å². The number of benzene rings is 1. The fourth-order valence-corrected chi connectivity index (χ4v) is 1.43. The van der Waals surface area contributed by atoms with Gasteiger partial charge in [-0.2, -0.15) is 5.26 Å². The molecule has 0 amide bonds. The molecule has 4 nitrogen and oxygen atoms in total. The van der Waals surface area contributed by atoms with Crippen molar-refractivity contribution >= 4 is 11.4 Å². The Balaban J connectivity index is 2.51. The molecule has 1 rings (SSSR count). The summed E-state index contributed by atoms with van der Waals surface area (Å²) >= 11 is 0. The van der Waals surface area contributed by atoms with Gasteiger partial charge in [-0.25, -0.2) is 0 Å². The van der Waals surface area contributed by atoms with E-state index in [4.69, 9.17) is 16.1 Å². The van der Waals surface area contributed by atoms with Crippen LogP contribution in [0.3, 0.4) is 0 Å². The summed E-state index contributed by atoms with van der Waals surface area (Å²) in [6.45, 7) is 2.51. The largest absolute Gasteiger partial charge is 0.399 e. The van der Waals surface area contributed by atoms with Crippen molar-refractivity contribution in [2.45, 2.75) is 25.9 Å². The Labute approximate surface area is 95.7 Å². The number of hydrogen-bond donors (Lipinski definition) is 3. The van der Waals surface area contributed by atoms with Gasteiger partial charge in [0.15, 0.2) is 0 Å². The second-order valence-corrected chi connectivity index (χ2v) is 3.83. The summed E-state index contributed by atoms with van der Waals surface area (Å²) in [5.41, 5.74) is 7.52. The third-order valence-corrected chi connectivity index (χ3v) is 2.28. The summed E-state index contributed by atoms with van der Waals surface area (Å²) in [6.07, 6.45) is 1.35. The van der Waals surface area contributed by atoms with Crippen LogP contribution in [0.4, 0.5) is 11.4 Å². The van der Waals surface area contributed by atoms with E-state index >= 15 is 0 Å². The molecule has 4 N–H and O–H groups in total. The zero-order valence-electron chi connectivity index (χ0n) is 9.40. The lowest BCUT2D eigenvalue weighted by molar-refractivity contribution is 0.183. The van der Waals surface area contributed by atoms with Gasteiger partial charge in [-0.1, -0.05) is 0 Å².